The largest absolute Gasteiger partial charge is 0.460 e. The van der Waals surface area contributed by atoms with Crippen LogP contribution in [0.1, 0.15) is 13.8 Å². The number of amides is 1. The van der Waals surface area contributed by atoms with Gasteiger partial charge in [-0.25, -0.2) is 0 Å². The van der Waals surface area contributed by atoms with E-state index < -0.39 is 72.0 Å². The maximum Gasteiger partial charge on any atom is 0.460 e. The first-order valence-electron chi connectivity index (χ1n) is 7.14. The molecule has 0 aromatic carbocycles. The Labute approximate surface area is 159 Å². The van der Waals surface area contributed by atoms with E-state index in [-0.39, 0.29) is 0 Å². The van der Waals surface area contributed by atoms with Crippen LogP contribution in [0.5, 0.6) is 0 Å². The highest BCUT2D eigenvalue weighted by Gasteiger charge is 2.94. The fraction of sp³-hybridized carbons (Fsp3) is 0.917. The Bertz CT molecular complexity index is 674. The van der Waals surface area contributed by atoms with Crippen molar-refractivity contribution in [3.05, 3.63) is 0 Å². The molecule has 0 aromatic rings. The van der Waals surface area contributed by atoms with Gasteiger partial charge in [-0.15, -0.1) is 0 Å². The van der Waals surface area contributed by atoms with Crippen molar-refractivity contribution in [3.63, 3.8) is 0 Å². The predicted octanol–water partition coefficient (Wildman–Crippen LogP) is 5.82. The maximum atomic E-state index is 13.6. The van der Waals surface area contributed by atoms with Crippen molar-refractivity contribution in [2.45, 2.75) is 61.6 Å². The Morgan fingerprint density at radius 1 is 0.581 bits per heavy atom. The van der Waals surface area contributed by atoms with Crippen LogP contribution in [0.3, 0.4) is 0 Å². The fourth-order valence-electron chi connectivity index (χ4n) is 1.87. The number of hydrogen-bond acceptors (Lipinski definition) is 1. The van der Waals surface area contributed by atoms with E-state index in [0.29, 0.717) is 6.92 Å². The highest BCUT2D eigenvalue weighted by molar-refractivity contribution is 5.85. The predicted molar refractivity (Wildman–Crippen MR) is 63.7 cm³/mol. The molecule has 2 nitrogen and oxygen atoms in total. The summed E-state index contributed by atoms with van der Waals surface area (Å²) in [6, 6.07) is -4.85. The molecule has 0 N–H and O–H groups in total. The van der Waals surface area contributed by atoms with E-state index in [9.17, 15) is 79.4 Å². The van der Waals surface area contributed by atoms with Gasteiger partial charge in [-0.05, 0) is 6.92 Å². The number of carbonyl (C=O) groups is 1. The van der Waals surface area contributed by atoms with E-state index >= 15 is 0 Å². The second kappa shape index (κ2) is 7.41. The van der Waals surface area contributed by atoms with Crippen molar-refractivity contribution in [1.29, 1.82) is 0 Å². The van der Waals surface area contributed by atoms with E-state index in [1.807, 2.05) is 0 Å². The summed E-state index contributed by atoms with van der Waals surface area (Å²) in [6.45, 7) is -1.78. The van der Waals surface area contributed by atoms with Crippen molar-refractivity contribution in [1.82, 2.24) is 4.90 Å². The lowest BCUT2D eigenvalue weighted by Gasteiger charge is -2.42. The molecule has 0 aliphatic heterocycles. The van der Waals surface area contributed by atoms with Crippen LogP contribution in [-0.2, 0) is 4.79 Å². The standard InChI is InChI=1S/C12H8F17NO/c1-3-30(5(2,13)14)4(31)6(15,16)7(17,18)8(19,20)9(21,22)10(23,24)11(25,26)12(27,28)29/h3H2,1-2H3. The van der Waals surface area contributed by atoms with Gasteiger partial charge in [0.15, 0.2) is 0 Å². The van der Waals surface area contributed by atoms with Gasteiger partial charge in [-0.1, -0.05) is 0 Å². The van der Waals surface area contributed by atoms with Crippen LogP contribution >= 0.6 is 0 Å². The molecule has 1 amide bonds. The van der Waals surface area contributed by atoms with Crippen LogP contribution in [0.15, 0.2) is 0 Å². The Morgan fingerprint density at radius 3 is 1.13 bits per heavy atom. The molecule has 0 aromatic heterocycles. The molecule has 0 bridgehead atoms. The summed E-state index contributed by atoms with van der Waals surface area (Å²) in [5.74, 6) is -53.4. The van der Waals surface area contributed by atoms with Gasteiger partial charge in [0.25, 0.3) is 0 Å². The maximum absolute atomic E-state index is 13.6. The van der Waals surface area contributed by atoms with Crippen LogP contribution < -0.4 is 0 Å². The highest BCUT2D eigenvalue weighted by atomic mass is 19.4. The molecule has 0 rings (SSSR count). The molecule has 186 valence electrons. The molecule has 31 heavy (non-hydrogen) atoms. The summed E-state index contributed by atoms with van der Waals surface area (Å²) in [5.41, 5.74) is 0. The Kier molecular flexibility index (Phi) is 7.00. The highest BCUT2D eigenvalue weighted by Crippen LogP contribution is 2.62. The Morgan fingerprint density at radius 2 is 0.871 bits per heavy atom. The SMILES string of the molecule is CCN(C(=O)C(F)(F)C(F)(F)C(F)(F)C(F)(F)C(F)(F)C(F)(F)C(F)(F)F)C(C)(F)F. The Hall–Kier alpha value is -1.72. The summed E-state index contributed by atoms with van der Waals surface area (Å²) in [6.07, 6.45) is -7.77. The minimum atomic E-state index is -8.60. The van der Waals surface area contributed by atoms with Crippen LogP contribution in [0.4, 0.5) is 74.6 Å². The van der Waals surface area contributed by atoms with Crippen molar-refractivity contribution >= 4 is 5.91 Å². The van der Waals surface area contributed by atoms with Crippen LogP contribution in [-0.4, -0.2) is 65.1 Å². The summed E-state index contributed by atoms with van der Waals surface area (Å²) in [5, 5.41) is 0. The molecule has 19 heteroatoms. The first kappa shape index (κ1) is 29.3. The molecule has 0 heterocycles. The van der Waals surface area contributed by atoms with E-state index in [4.69, 9.17) is 0 Å². The van der Waals surface area contributed by atoms with Crippen molar-refractivity contribution < 1.29 is 79.4 Å². The molecule has 0 spiro atoms. The third kappa shape index (κ3) is 3.95. The molecule has 0 atom stereocenters. The number of rotatable bonds is 8. The van der Waals surface area contributed by atoms with Crippen molar-refractivity contribution in [2.24, 2.45) is 0 Å². The van der Waals surface area contributed by atoms with Gasteiger partial charge in [0.1, 0.15) is 0 Å². The molecule has 0 aliphatic rings. The fourth-order valence-corrected chi connectivity index (χ4v) is 1.87. The second-order valence-corrected chi connectivity index (χ2v) is 5.84. The molecule has 0 aliphatic carbocycles. The van der Waals surface area contributed by atoms with Gasteiger partial charge in [0.2, 0.25) is 0 Å². The molecule has 0 unspecified atom stereocenters. The first-order chi connectivity index (χ1) is 13.1. The lowest BCUT2D eigenvalue weighted by atomic mass is 9.90. The topological polar surface area (TPSA) is 20.3 Å². The van der Waals surface area contributed by atoms with Gasteiger partial charge >= 0.3 is 53.7 Å². The zero-order chi connectivity index (χ0) is 25.9. The summed E-state index contributed by atoms with van der Waals surface area (Å²) < 4.78 is 220. The zero-order valence-electron chi connectivity index (χ0n) is 14.5. The summed E-state index contributed by atoms with van der Waals surface area (Å²) in [4.78, 5) is 9.59. The van der Waals surface area contributed by atoms with Gasteiger partial charge in [-0.3, -0.25) is 9.69 Å². The normalized spacial score (nSPS) is 15.8. The van der Waals surface area contributed by atoms with E-state index in [1.165, 1.54) is 0 Å². The zero-order valence-corrected chi connectivity index (χ0v) is 14.5. The molecule has 0 saturated carbocycles. The van der Waals surface area contributed by atoms with Crippen molar-refractivity contribution in [2.75, 3.05) is 6.54 Å². The van der Waals surface area contributed by atoms with E-state index in [1.54, 1.807) is 0 Å². The Balaban J connectivity index is 6.73. The van der Waals surface area contributed by atoms with Gasteiger partial charge in [-0.2, -0.15) is 74.6 Å². The third-order valence-electron chi connectivity index (χ3n) is 3.63. The minimum Gasteiger partial charge on any atom is -0.279 e. The number of carbonyl (C=O) groups excluding carboxylic acids is 1. The summed E-state index contributed by atoms with van der Waals surface area (Å²) >= 11 is 0. The average Bonchev–Trinajstić information content (AvgIpc) is 2.51. The number of halogens is 17. The van der Waals surface area contributed by atoms with Gasteiger partial charge in [0.05, 0.1) is 0 Å². The van der Waals surface area contributed by atoms with Gasteiger partial charge in [0, 0.05) is 13.5 Å². The second-order valence-electron chi connectivity index (χ2n) is 5.84. The van der Waals surface area contributed by atoms with E-state index in [0.717, 1.165) is 0 Å². The smallest absolute Gasteiger partial charge is 0.279 e. The molecular formula is C12H8F17NO. The lowest BCUT2D eigenvalue weighted by molar-refractivity contribution is -0.450. The van der Waals surface area contributed by atoms with Crippen LogP contribution in [0, 0.1) is 0 Å². The molecule has 0 fully saturated rings. The van der Waals surface area contributed by atoms with Crippen LogP contribution in [0.25, 0.3) is 0 Å². The number of nitrogens with zero attached hydrogens (tertiary/aromatic N) is 1. The average molecular weight is 505 g/mol. The van der Waals surface area contributed by atoms with Crippen molar-refractivity contribution in [3.8, 4) is 0 Å². The molecule has 0 saturated heterocycles. The minimum absolute atomic E-state index is 0.355. The molecular weight excluding hydrogens is 497 g/mol. The van der Waals surface area contributed by atoms with E-state index in [2.05, 4.69) is 0 Å². The lowest BCUT2D eigenvalue weighted by Crippen LogP contribution is -2.74. The van der Waals surface area contributed by atoms with Gasteiger partial charge < -0.3 is 0 Å². The number of alkyl halides is 17. The first-order valence-corrected chi connectivity index (χ1v) is 7.14. The molecule has 0 radical (unpaired) electrons. The quantitative estimate of drug-likeness (QED) is 0.301. The van der Waals surface area contributed by atoms with Crippen LogP contribution in [0.2, 0.25) is 0 Å². The summed E-state index contributed by atoms with van der Waals surface area (Å²) in [7, 11) is 0. The third-order valence-corrected chi connectivity index (χ3v) is 3.63. The monoisotopic (exact) mass is 505 g/mol. The number of hydrogen-bond donors (Lipinski definition) is 0.